The lowest BCUT2D eigenvalue weighted by Gasteiger charge is -2.34. The highest BCUT2D eigenvalue weighted by Crippen LogP contribution is 2.39. The van der Waals surface area contributed by atoms with Gasteiger partial charge in [0.15, 0.2) is 11.6 Å². The van der Waals surface area contributed by atoms with Crippen molar-refractivity contribution < 1.29 is 22.8 Å². The van der Waals surface area contributed by atoms with Crippen LogP contribution in [0.1, 0.15) is 68.4 Å². The highest BCUT2D eigenvalue weighted by molar-refractivity contribution is 5.84. The number of imidazole rings is 1. The normalized spacial score (nSPS) is 18.1. The minimum absolute atomic E-state index is 0.146. The average molecular weight is 566 g/mol. The Balaban J connectivity index is 1.65. The van der Waals surface area contributed by atoms with Gasteiger partial charge in [0.05, 0.1) is 28.9 Å². The smallest absolute Gasteiger partial charge is 0.214 e. The first-order chi connectivity index (χ1) is 19.9. The van der Waals surface area contributed by atoms with E-state index in [1.54, 1.807) is 0 Å². The fraction of sp³-hybridized carbons (Fsp3) is 0.452. The largest absolute Gasteiger partial charge is 0.379 e. The van der Waals surface area contributed by atoms with Gasteiger partial charge in [-0.1, -0.05) is 11.2 Å². The summed E-state index contributed by atoms with van der Waals surface area (Å²) in [6.07, 6.45) is 5.09. The maximum Gasteiger partial charge on any atom is 0.214 e. The van der Waals surface area contributed by atoms with Crippen molar-refractivity contribution in [1.29, 1.82) is 0 Å². The monoisotopic (exact) mass is 565 g/mol. The Morgan fingerprint density at radius 3 is 2.56 bits per heavy atom. The van der Waals surface area contributed by atoms with Crippen molar-refractivity contribution in [3.05, 3.63) is 65.3 Å². The van der Waals surface area contributed by atoms with Gasteiger partial charge in [0, 0.05) is 30.0 Å². The van der Waals surface area contributed by atoms with E-state index in [1.165, 1.54) is 11.0 Å². The Hall–Kier alpha value is -3.63. The van der Waals surface area contributed by atoms with Crippen LogP contribution in [-0.4, -0.2) is 47.4 Å². The second-order valence-corrected chi connectivity index (χ2v) is 10.6. The van der Waals surface area contributed by atoms with E-state index in [1.807, 2.05) is 33.9 Å². The maximum atomic E-state index is 14.3. The van der Waals surface area contributed by atoms with E-state index in [4.69, 9.17) is 14.2 Å². The van der Waals surface area contributed by atoms with Crippen LogP contribution in [0.25, 0.3) is 22.2 Å². The number of aromatic nitrogens is 3. The number of fused-ring (bicyclic) bond motifs is 1. The van der Waals surface area contributed by atoms with Gasteiger partial charge in [0.1, 0.15) is 11.6 Å². The lowest BCUT2D eigenvalue weighted by Crippen LogP contribution is -2.33. The molecular weight excluding hydrogens is 528 g/mol. The zero-order chi connectivity index (χ0) is 29.1. The number of benzene rings is 2. The Bertz CT molecular complexity index is 1490. The molecule has 2 aromatic heterocycles. The summed E-state index contributed by atoms with van der Waals surface area (Å²) in [4.78, 5) is 19.2. The summed E-state index contributed by atoms with van der Waals surface area (Å²) in [5.41, 5.74) is 4.70. The lowest BCUT2D eigenvalue weighted by molar-refractivity contribution is -0.108. The number of amides is 1. The molecule has 5 rings (SSSR count). The van der Waals surface area contributed by atoms with Crippen molar-refractivity contribution in [1.82, 2.24) is 20.0 Å². The van der Waals surface area contributed by atoms with Crippen molar-refractivity contribution in [3.8, 4) is 11.1 Å². The number of hydrogen-bond acceptors (Lipinski definition) is 6. The Morgan fingerprint density at radius 1 is 1.15 bits per heavy atom. The second kappa shape index (κ2) is 12.5. The number of halogens is 2. The van der Waals surface area contributed by atoms with Crippen LogP contribution in [0.15, 0.2) is 40.9 Å². The van der Waals surface area contributed by atoms with E-state index in [0.29, 0.717) is 31.8 Å². The van der Waals surface area contributed by atoms with Gasteiger partial charge in [-0.3, -0.25) is 4.79 Å². The fourth-order valence-corrected chi connectivity index (χ4v) is 6.13. The molecule has 8 nitrogen and oxygen atoms in total. The summed E-state index contributed by atoms with van der Waals surface area (Å²) in [7, 11) is 1.84. The van der Waals surface area contributed by atoms with Crippen molar-refractivity contribution in [2.75, 3.05) is 25.1 Å². The van der Waals surface area contributed by atoms with Crippen molar-refractivity contribution in [3.63, 3.8) is 0 Å². The zero-order valence-electron chi connectivity index (χ0n) is 24.0. The Kier molecular flexibility index (Phi) is 8.79. The number of carbonyl (C=O) groups excluding carboxylic acids is 1. The van der Waals surface area contributed by atoms with Crippen molar-refractivity contribution in [2.24, 2.45) is 0 Å². The molecule has 41 heavy (non-hydrogen) atoms. The van der Waals surface area contributed by atoms with E-state index in [2.05, 4.69) is 27.2 Å². The number of carbonyl (C=O) groups is 1. The minimum Gasteiger partial charge on any atom is -0.379 e. The molecule has 10 heteroatoms. The second-order valence-electron chi connectivity index (χ2n) is 10.6. The quantitative estimate of drug-likeness (QED) is 0.211. The highest BCUT2D eigenvalue weighted by Gasteiger charge is 2.32. The molecule has 1 saturated carbocycles. The third kappa shape index (κ3) is 5.76. The molecule has 1 atom stereocenters. The number of anilines is 1. The molecule has 0 spiro atoms. The average Bonchev–Trinajstić information content (AvgIpc) is 3.51. The summed E-state index contributed by atoms with van der Waals surface area (Å²) >= 11 is 0. The van der Waals surface area contributed by atoms with Crippen LogP contribution in [-0.2, 0) is 9.53 Å². The topological polar surface area (TPSA) is 85.4 Å². The zero-order valence-corrected chi connectivity index (χ0v) is 24.0. The van der Waals surface area contributed by atoms with Crippen molar-refractivity contribution >= 4 is 23.1 Å². The van der Waals surface area contributed by atoms with Gasteiger partial charge < -0.3 is 24.0 Å². The molecule has 1 unspecified atom stereocenters. The van der Waals surface area contributed by atoms with E-state index in [-0.39, 0.29) is 17.8 Å². The third-order valence-electron chi connectivity index (χ3n) is 8.07. The molecule has 0 saturated heterocycles. The molecule has 1 fully saturated rings. The molecule has 1 N–H and O–H groups in total. The number of rotatable bonds is 11. The first-order valence-corrected chi connectivity index (χ1v) is 14.3. The predicted octanol–water partition coefficient (Wildman–Crippen LogP) is 6.42. The molecule has 2 heterocycles. The maximum absolute atomic E-state index is 14.3. The summed E-state index contributed by atoms with van der Waals surface area (Å²) in [6.45, 7) is 7.09. The van der Waals surface area contributed by atoms with Crippen LogP contribution in [0.3, 0.4) is 0 Å². The van der Waals surface area contributed by atoms with Gasteiger partial charge >= 0.3 is 0 Å². The summed E-state index contributed by atoms with van der Waals surface area (Å²) < 4.78 is 41.7. The molecule has 218 valence electrons. The summed E-state index contributed by atoms with van der Waals surface area (Å²) in [5, 5.41) is 7.28. The van der Waals surface area contributed by atoms with Gasteiger partial charge in [-0.05, 0) is 96.3 Å². The number of ether oxygens (including phenoxy) is 1. The number of nitrogens with zero attached hydrogens (tertiary/aromatic N) is 4. The summed E-state index contributed by atoms with van der Waals surface area (Å²) in [6, 6.07) is 9.31. The molecule has 0 aliphatic heterocycles. The standard InChI is InChI=1S/C31H37F2N5O3/c1-5-40-24-10-7-22(8-11-24)38-28-13-6-21(30-19(2)36-41-20(30)3)16-27(28)35-31(38)29(14-15-34-4)37(18-39)23-9-12-25(32)26(33)17-23/h6,9,12-13,16-18,22,24,29,34H,5,7-8,10-11,14-15H2,1-4H3. The van der Waals surface area contributed by atoms with Crippen molar-refractivity contribution in [2.45, 2.75) is 71.1 Å². The lowest BCUT2D eigenvalue weighted by atomic mass is 9.92. The number of nitrogens with one attached hydrogen (secondary N) is 1. The van der Waals surface area contributed by atoms with Crippen LogP contribution >= 0.6 is 0 Å². The molecular formula is C31H37F2N5O3. The first kappa shape index (κ1) is 28.9. The molecule has 4 aromatic rings. The van der Waals surface area contributed by atoms with Gasteiger partial charge in [-0.25, -0.2) is 13.8 Å². The summed E-state index contributed by atoms with van der Waals surface area (Å²) in [5.74, 6) is -0.527. The molecule has 2 aromatic carbocycles. The molecule has 1 aliphatic carbocycles. The van der Waals surface area contributed by atoms with E-state index >= 15 is 0 Å². The Morgan fingerprint density at radius 2 is 1.93 bits per heavy atom. The molecule has 0 radical (unpaired) electrons. The van der Waals surface area contributed by atoms with Crippen LogP contribution < -0.4 is 10.2 Å². The SMILES string of the molecule is CCOC1CCC(n2c(C(CCNC)N(C=O)c3ccc(F)c(F)c3)nc3cc(-c4c(C)noc4C)ccc32)CC1. The highest BCUT2D eigenvalue weighted by atomic mass is 19.2. The molecule has 0 bridgehead atoms. The minimum atomic E-state index is -1.01. The van der Waals surface area contributed by atoms with E-state index in [9.17, 15) is 13.6 Å². The van der Waals surface area contributed by atoms with Gasteiger partial charge in [-0.15, -0.1) is 0 Å². The molecule has 1 amide bonds. The van der Waals surface area contributed by atoms with E-state index in [0.717, 1.165) is 71.4 Å². The van der Waals surface area contributed by atoms with Gasteiger partial charge in [-0.2, -0.15) is 0 Å². The van der Waals surface area contributed by atoms with Crippen LogP contribution in [0, 0.1) is 25.5 Å². The Labute approximate surface area is 238 Å². The van der Waals surface area contributed by atoms with Crippen LogP contribution in [0.2, 0.25) is 0 Å². The van der Waals surface area contributed by atoms with Gasteiger partial charge in [0.25, 0.3) is 0 Å². The predicted molar refractivity (Wildman–Crippen MR) is 154 cm³/mol. The first-order valence-electron chi connectivity index (χ1n) is 14.3. The number of aryl methyl sites for hydroxylation is 2. The fourth-order valence-electron chi connectivity index (χ4n) is 6.13. The molecule has 1 aliphatic rings. The van der Waals surface area contributed by atoms with E-state index < -0.39 is 17.7 Å². The van der Waals surface area contributed by atoms with Crippen LogP contribution in [0.5, 0.6) is 0 Å². The third-order valence-corrected chi connectivity index (χ3v) is 8.07. The van der Waals surface area contributed by atoms with Crippen LogP contribution in [0.4, 0.5) is 14.5 Å². The van der Waals surface area contributed by atoms with Gasteiger partial charge in [0.2, 0.25) is 6.41 Å². The number of hydrogen-bond donors (Lipinski definition) is 1.